The summed E-state index contributed by atoms with van der Waals surface area (Å²) in [7, 11) is 1.73. The minimum absolute atomic E-state index is 0.191. The number of carbonyl (C=O) groups excluding carboxylic acids is 1. The van der Waals surface area contributed by atoms with Crippen molar-refractivity contribution in [3.8, 4) is 5.75 Å². The normalized spacial score (nSPS) is 10.3. The Hall–Kier alpha value is -2.37. The van der Waals surface area contributed by atoms with E-state index < -0.39 is 0 Å². The van der Waals surface area contributed by atoms with Gasteiger partial charge in [-0.25, -0.2) is 4.98 Å². The molecule has 20 heavy (non-hydrogen) atoms. The van der Waals surface area contributed by atoms with Crippen LogP contribution in [-0.2, 0) is 6.54 Å². The van der Waals surface area contributed by atoms with Crippen molar-refractivity contribution in [2.45, 2.75) is 20.4 Å². The van der Waals surface area contributed by atoms with Gasteiger partial charge in [-0.2, -0.15) is 0 Å². The highest BCUT2D eigenvalue weighted by Crippen LogP contribution is 2.13. The molecular weight excluding hydrogens is 256 g/mol. The number of aromatic amines is 1. The summed E-state index contributed by atoms with van der Waals surface area (Å²) in [6, 6.07) is 7.68. The third kappa shape index (κ3) is 3.34. The van der Waals surface area contributed by atoms with Gasteiger partial charge in [0.2, 0.25) is 5.82 Å². The number of H-pyrrole nitrogens is 1. The first-order chi connectivity index (χ1) is 9.60. The van der Waals surface area contributed by atoms with Gasteiger partial charge in [0.05, 0.1) is 6.61 Å². The topological polar surface area (TPSA) is 71.1 Å². The number of ether oxygens (including phenoxy) is 1. The zero-order chi connectivity index (χ0) is 14.5. The standard InChI is InChI=1S/C14H18N4O2/c1-4-20-12-7-5-11(6-8-12)9-18(3)14(19)13-15-10(2)16-17-13/h5-8H,4,9H2,1-3H3,(H,15,16,17). The minimum Gasteiger partial charge on any atom is -0.494 e. The van der Waals surface area contributed by atoms with E-state index in [2.05, 4.69) is 15.2 Å². The molecule has 2 rings (SSSR count). The lowest BCUT2D eigenvalue weighted by Gasteiger charge is -2.15. The highest BCUT2D eigenvalue weighted by Gasteiger charge is 2.16. The fourth-order valence-corrected chi connectivity index (χ4v) is 1.81. The molecule has 2 aromatic rings. The van der Waals surface area contributed by atoms with E-state index in [1.807, 2.05) is 31.2 Å². The number of hydrogen-bond acceptors (Lipinski definition) is 4. The molecule has 0 aliphatic rings. The third-order valence-electron chi connectivity index (χ3n) is 2.79. The largest absolute Gasteiger partial charge is 0.494 e. The van der Waals surface area contributed by atoms with E-state index in [-0.39, 0.29) is 11.7 Å². The molecule has 0 saturated carbocycles. The Bertz CT molecular complexity index is 577. The van der Waals surface area contributed by atoms with Crippen molar-refractivity contribution >= 4 is 5.91 Å². The van der Waals surface area contributed by atoms with Crippen molar-refractivity contribution in [3.05, 3.63) is 41.5 Å². The lowest BCUT2D eigenvalue weighted by molar-refractivity contribution is 0.0773. The van der Waals surface area contributed by atoms with Crippen molar-refractivity contribution in [1.29, 1.82) is 0 Å². The summed E-state index contributed by atoms with van der Waals surface area (Å²) in [5, 5.41) is 6.53. The monoisotopic (exact) mass is 274 g/mol. The van der Waals surface area contributed by atoms with Gasteiger partial charge in [0.25, 0.3) is 5.91 Å². The average molecular weight is 274 g/mol. The fourth-order valence-electron chi connectivity index (χ4n) is 1.81. The Kier molecular flexibility index (Phi) is 4.34. The van der Waals surface area contributed by atoms with E-state index in [0.717, 1.165) is 11.3 Å². The van der Waals surface area contributed by atoms with Crippen molar-refractivity contribution < 1.29 is 9.53 Å². The van der Waals surface area contributed by atoms with Crippen molar-refractivity contribution in [3.63, 3.8) is 0 Å². The molecule has 0 aliphatic heterocycles. The minimum atomic E-state index is -0.205. The maximum Gasteiger partial charge on any atom is 0.293 e. The maximum atomic E-state index is 12.1. The van der Waals surface area contributed by atoms with Crippen molar-refractivity contribution in [2.75, 3.05) is 13.7 Å². The molecule has 1 aromatic heterocycles. The molecule has 0 radical (unpaired) electrons. The Balaban J connectivity index is 2.00. The van der Waals surface area contributed by atoms with Gasteiger partial charge in [-0.1, -0.05) is 12.1 Å². The number of nitrogens with zero attached hydrogens (tertiary/aromatic N) is 3. The van der Waals surface area contributed by atoms with Crippen LogP contribution < -0.4 is 4.74 Å². The van der Waals surface area contributed by atoms with Crippen LogP contribution in [-0.4, -0.2) is 39.6 Å². The molecule has 1 amide bonds. The van der Waals surface area contributed by atoms with Gasteiger partial charge in [0, 0.05) is 13.6 Å². The second-order valence-electron chi connectivity index (χ2n) is 4.48. The van der Waals surface area contributed by atoms with Gasteiger partial charge >= 0.3 is 0 Å². The molecule has 0 bridgehead atoms. The summed E-state index contributed by atoms with van der Waals surface area (Å²) in [5.41, 5.74) is 1.02. The molecule has 0 fully saturated rings. The number of carbonyl (C=O) groups is 1. The molecule has 0 unspecified atom stereocenters. The molecule has 1 heterocycles. The number of benzene rings is 1. The van der Waals surface area contributed by atoms with Gasteiger partial charge in [-0.15, -0.1) is 5.10 Å². The SMILES string of the molecule is CCOc1ccc(CN(C)C(=O)c2n[nH]c(C)n2)cc1. The smallest absolute Gasteiger partial charge is 0.293 e. The first-order valence-electron chi connectivity index (χ1n) is 6.46. The Morgan fingerprint density at radius 2 is 2.05 bits per heavy atom. The van der Waals surface area contributed by atoms with E-state index in [1.54, 1.807) is 18.9 Å². The van der Waals surface area contributed by atoms with Gasteiger partial charge in [-0.3, -0.25) is 9.89 Å². The average Bonchev–Trinajstić information content (AvgIpc) is 2.87. The highest BCUT2D eigenvalue weighted by atomic mass is 16.5. The molecule has 0 atom stereocenters. The fraction of sp³-hybridized carbons (Fsp3) is 0.357. The molecule has 0 saturated heterocycles. The first kappa shape index (κ1) is 14.0. The lowest BCUT2D eigenvalue weighted by Crippen LogP contribution is -2.27. The number of aryl methyl sites for hydroxylation is 1. The van der Waals surface area contributed by atoms with E-state index in [4.69, 9.17) is 4.74 Å². The van der Waals surface area contributed by atoms with Gasteiger partial charge in [-0.05, 0) is 31.5 Å². The summed E-state index contributed by atoms with van der Waals surface area (Å²) in [5.74, 6) is 1.44. The van der Waals surface area contributed by atoms with Crippen LogP contribution in [0.15, 0.2) is 24.3 Å². The lowest BCUT2D eigenvalue weighted by atomic mass is 10.2. The van der Waals surface area contributed by atoms with Crippen LogP contribution in [0.1, 0.15) is 28.9 Å². The molecule has 0 spiro atoms. The van der Waals surface area contributed by atoms with Crippen LogP contribution in [0.25, 0.3) is 0 Å². The van der Waals surface area contributed by atoms with E-state index in [0.29, 0.717) is 19.0 Å². The Morgan fingerprint density at radius 1 is 1.35 bits per heavy atom. The van der Waals surface area contributed by atoms with Gasteiger partial charge in [0.1, 0.15) is 11.6 Å². The quantitative estimate of drug-likeness (QED) is 0.902. The van der Waals surface area contributed by atoms with Crippen molar-refractivity contribution in [2.24, 2.45) is 0 Å². The summed E-state index contributed by atoms with van der Waals surface area (Å²) < 4.78 is 5.38. The van der Waals surface area contributed by atoms with E-state index in [1.165, 1.54) is 0 Å². The summed E-state index contributed by atoms with van der Waals surface area (Å²) in [4.78, 5) is 17.7. The zero-order valence-corrected chi connectivity index (χ0v) is 11.9. The molecule has 6 nitrogen and oxygen atoms in total. The molecular formula is C14H18N4O2. The summed E-state index contributed by atoms with van der Waals surface area (Å²) in [6.07, 6.45) is 0. The molecule has 1 aromatic carbocycles. The van der Waals surface area contributed by atoms with Crippen LogP contribution in [0.3, 0.4) is 0 Å². The van der Waals surface area contributed by atoms with Crippen LogP contribution in [0.2, 0.25) is 0 Å². The van der Waals surface area contributed by atoms with Crippen molar-refractivity contribution in [1.82, 2.24) is 20.1 Å². The van der Waals surface area contributed by atoms with Crippen LogP contribution in [0.5, 0.6) is 5.75 Å². The van der Waals surface area contributed by atoms with Gasteiger partial charge in [0.15, 0.2) is 0 Å². The zero-order valence-electron chi connectivity index (χ0n) is 11.9. The van der Waals surface area contributed by atoms with E-state index in [9.17, 15) is 4.79 Å². The second-order valence-corrected chi connectivity index (χ2v) is 4.48. The number of rotatable bonds is 5. The summed E-state index contributed by atoms with van der Waals surface area (Å²) in [6.45, 7) is 4.84. The van der Waals surface area contributed by atoms with E-state index >= 15 is 0 Å². The molecule has 1 N–H and O–H groups in total. The summed E-state index contributed by atoms with van der Waals surface area (Å²) >= 11 is 0. The molecule has 106 valence electrons. The first-order valence-corrected chi connectivity index (χ1v) is 6.46. The predicted molar refractivity (Wildman–Crippen MR) is 74.5 cm³/mol. The highest BCUT2D eigenvalue weighted by molar-refractivity contribution is 5.90. The Morgan fingerprint density at radius 3 is 2.60 bits per heavy atom. The number of aromatic nitrogens is 3. The number of hydrogen-bond donors (Lipinski definition) is 1. The predicted octanol–water partition coefficient (Wildman–Crippen LogP) is 1.78. The second kappa shape index (κ2) is 6.18. The van der Waals surface area contributed by atoms with Gasteiger partial charge < -0.3 is 9.64 Å². The third-order valence-corrected chi connectivity index (χ3v) is 2.79. The number of amides is 1. The van der Waals surface area contributed by atoms with Crippen LogP contribution in [0, 0.1) is 6.92 Å². The van der Waals surface area contributed by atoms with Crippen LogP contribution >= 0.6 is 0 Å². The molecule has 0 aliphatic carbocycles. The molecule has 6 heteroatoms. The Labute approximate surface area is 117 Å². The maximum absolute atomic E-state index is 12.1. The number of nitrogens with one attached hydrogen (secondary N) is 1. The van der Waals surface area contributed by atoms with Crippen LogP contribution in [0.4, 0.5) is 0 Å².